The molecule has 23 heavy (non-hydrogen) atoms. The van der Waals surface area contributed by atoms with Crippen molar-refractivity contribution in [2.24, 2.45) is 0 Å². The third kappa shape index (κ3) is 6.55. The van der Waals surface area contributed by atoms with E-state index in [0.717, 1.165) is 0 Å². The number of carbonyl (C=O) groups excluding carboxylic acids is 1. The molecule has 9 heteroatoms. The Kier molecular flexibility index (Phi) is 6.15. The second kappa shape index (κ2) is 7.29. The van der Waals surface area contributed by atoms with Crippen LogP contribution in [0.5, 0.6) is 0 Å². The first-order valence-corrected chi connectivity index (χ1v) is 7.10. The van der Waals surface area contributed by atoms with Crippen LogP contribution in [0.25, 0.3) is 0 Å². The van der Waals surface area contributed by atoms with Gasteiger partial charge in [0.25, 0.3) is 0 Å². The fourth-order valence-electron chi connectivity index (χ4n) is 1.40. The van der Waals surface area contributed by atoms with Crippen LogP contribution in [-0.4, -0.2) is 18.3 Å². The van der Waals surface area contributed by atoms with Crippen LogP contribution in [0.2, 0.25) is 0 Å². The first kappa shape index (κ1) is 19.4. The van der Waals surface area contributed by atoms with Gasteiger partial charge in [-0.1, -0.05) is 6.58 Å². The first-order valence-electron chi connectivity index (χ1n) is 6.12. The summed E-state index contributed by atoms with van der Waals surface area (Å²) in [4.78, 5) is 11.0. The molecular weight excluding hydrogens is 346 g/mol. The highest BCUT2D eigenvalue weighted by atomic mass is 32.2. The Morgan fingerprint density at radius 3 is 1.96 bits per heavy atom. The number of hydrogen-bond acceptors (Lipinski definition) is 3. The molecule has 2 nitrogen and oxygen atoms in total. The smallest absolute Gasteiger partial charge is 0.416 e. The van der Waals surface area contributed by atoms with Gasteiger partial charge in [-0.25, -0.2) is 0 Å². The minimum absolute atomic E-state index is 0.0312. The summed E-state index contributed by atoms with van der Waals surface area (Å²) in [6.45, 7) is 5.03. The van der Waals surface area contributed by atoms with Gasteiger partial charge in [0.05, 0.1) is 16.9 Å². The van der Waals surface area contributed by atoms with Gasteiger partial charge in [0.2, 0.25) is 0 Å². The van der Waals surface area contributed by atoms with Crippen molar-refractivity contribution in [3.05, 3.63) is 41.5 Å². The second-order valence-electron chi connectivity index (χ2n) is 4.65. The van der Waals surface area contributed by atoms with Crippen LogP contribution in [0.15, 0.2) is 35.2 Å². The van der Waals surface area contributed by atoms with Crippen molar-refractivity contribution in [1.82, 2.24) is 0 Å². The first-order chi connectivity index (χ1) is 10.4. The maximum atomic E-state index is 12.7. The molecule has 0 saturated heterocycles. The molecule has 0 saturated carbocycles. The Labute approximate surface area is 132 Å². The normalized spacial score (nSPS) is 12.1. The highest BCUT2D eigenvalue weighted by molar-refractivity contribution is 8.00. The molecule has 0 N–H and O–H groups in total. The molecule has 1 aromatic carbocycles. The molecule has 1 rings (SSSR count). The number of carbonyl (C=O) groups is 1. The van der Waals surface area contributed by atoms with Gasteiger partial charge in [0.1, 0.15) is 6.61 Å². The van der Waals surface area contributed by atoms with Crippen LogP contribution in [-0.2, 0) is 21.9 Å². The highest BCUT2D eigenvalue weighted by Gasteiger charge is 2.36. The summed E-state index contributed by atoms with van der Waals surface area (Å²) in [5.41, 5.74) is -2.29. The van der Waals surface area contributed by atoms with E-state index in [9.17, 15) is 31.1 Å². The van der Waals surface area contributed by atoms with Crippen molar-refractivity contribution >= 4 is 17.7 Å². The Morgan fingerprint density at radius 1 is 1.09 bits per heavy atom. The highest BCUT2D eigenvalue weighted by Crippen LogP contribution is 2.38. The quantitative estimate of drug-likeness (QED) is 0.323. The third-order valence-electron chi connectivity index (χ3n) is 2.40. The molecule has 0 fully saturated rings. The minimum Gasteiger partial charge on any atom is -0.461 e. The predicted octanol–water partition coefficient (Wildman–Crippen LogP) is 4.94. The molecule has 0 unspecified atom stereocenters. The summed E-state index contributed by atoms with van der Waals surface area (Å²) in [7, 11) is 0. The number of alkyl halides is 6. The monoisotopic (exact) mass is 358 g/mol. The molecule has 1 aromatic rings. The summed E-state index contributed by atoms with van der Waals surface area (Å²) in [5.74, 6) is -1.17. The minimum atomic E-state index is -4.92. The number of benzene rings is 1. The van der Waals surface area contributed by atoms with Crippen LogP contribution in [0, 0.1) is 0 Å². The molecule has 128 valence electrons. The largest absolute Gasteiger partial charge is 0.461 e. The molecule has 0 aliphatic carbocycles. The van der Waals surface area contributed by atoms with E-state index < -0.39 is 35.2 Å². The maximum Gasteiger partial charge on any atom is 0.416 e. The Hall–Kier alpha value is -1.64. The van der Waals surface area contributed by atoms with E-state index in [-0.39, 0.29) is 17.6 Å². The van der Waals surface area contributed by atoms with Crippen molar-refractivity contribution in [1.29, 1.82) is 0 Å². The zero-order valence-corrected chi connectivity index (χ0v) is 12.7. The SMILES string of the molecule is C=C(C)COC(=O)CSc1cc(C(F)(F)F)cc(C(F)(F)F)c1. The summed E-state index contributed by atoms with van der Waals surface area (Å²) in [5, 5.41) is 0. The zero-order valence-electron chi connectivity index (χ0n) is 11.8. The van der Waals surface area contributed by atoms with Crippen LogP contribution in [0.1, 0.15) is 18.1 Å². The number of hydrogen-bond donors (Lipinski definition) is 0. The summed E-state index contributed by atoms with van der Waals surface area (Å²) >= 11 is 0.537. The number of ether oxygens (including phenoxy) is 1. The number of esters is 1. The van der Waals surface area contributed by atoms with Crippen molar-refractivity contribution in [2.45, 2.75) is 24.2 Å². The van der Waals surface area contributed by atoms with Crippen molar-refractivity contribution < 1.29 is 35.9 Å². The molecule has 0 radical (unpaired) electrons. The predicted molar refractivity (Wildman–Crippen MR) is 72.9 cm³/mol. The zero-order chi connectivity index (χ0) is 17.8. The molecule has 0 aliphatic heterocycles. The van der Waals surface area contributed by atoms with Crippen LogP contribution in [0.3, 0.4) is 0 Å². The van der Waals surface area contributed by atoms with Crippen LogP contribution in [0.4, 0.5) is 26.3 Å². The molecular formula is C14H12F6O2S. The average Bonchev–Trinajstić information content (AvgIpc) is 2.40. The molecule has 0 heterocycles. The van der Waals surface area contributed by atoms with Crippen molar-refractivity contribution in [3.8, 4) is 0 Å². The van der Waals surface area contributed by atoms with E-state index in [1.165, 1.54) is 0 Å². The van der Waals surface area contributed by atoms with E-state index in [1.54, 1.807) is 6.92 Å². The van der Waals surface area contributed by atoms with Crippen LogP contribution < -0.4 is 0 Å². The van der Waals surface area contributed by atoms with E-state index in [4.69, 9.17) is 4.74 Å². The molecule has 0 aliphatic rings. The van der Waals surface area contributed by atoms with Gasteiger partial charge in [-0.15, -0.1) is 11.8 Å². The van der Waals surface area contributed by atoms with Gasteiger partial charge in [-0.05, 0) is 30.7 Å². The summed E-state index contributed by atoms with van der Waals surface area (Å²) in [6, 6.07) is 1.15. The van der Waals surface area contributed by atoms with Gasteiger partial charge >= 0.3 is 18.3 Å². The van der Waals surface area contributed by atoms with Crippen LogP contribution >= 0.6 is 11.8 Å². The Balaban J connectivity index is 2.93. The van der Waals surface area contributed by atoms with Crippen molar-refractivity contribution in [3.63, 3.8) is 0 Å². The number of thioether (sulfide) groups is 1. The fraction of sp³-hybridized carbons (Fsp3) is 0.357. The molecule has 0 bridgehead atoms. The van der Waals surface area contributed by atoms with E-state index >= 15 is 0 Å². The summed E-state index contributed by atoms with van der Waals surface area (Å²) < 4.78 is 80.7. The standard InChI is InChI=1S/C14H12F6O2S/c1-8(2)6-22-12(21)7-23-11-4-9(13(15,16)17)3-10(5-11)14(18,19)20/h3-5H,1,6-7H2,2H3. The molecule has 0 spiro atoms. The van der Waals surface area contributed by atoms with Gasteiger partial charge < -0.3 is 4.74 Å². The van der Waals surface area contributed by atoms with E-state index in [2.05, 4.69) is 6.58 Å². The lowest BCUT2D eigenvalue weighted by Gasteiger charge is -2.13. The van der Waals surface area contributed by atoms with Crippen molar-refractivity contribution in [2.75, 3.05) is 12.4 Å². The third-order valence-corrected chi connectivity index (χ3v) is 3.35. The number of rotatable bonds is 5. The fourth-order valence-corrected chi connectivity index (χ4v) is 2.19. The van der Waals surface area contributed by atoms with Gasteiger partial charge in [0, 0.05) is 4.90 Å². The van der Waals surface area contributed by atoms with E-state index in [0.29, 0.717) is 29.5 Å². The van der Waals surface area contributed by atoms with E-state index in [1.807, 2.05) is 0 Å². The lowest BCUT2D eigenvalue weighted by Crippen LogP contribution is -2.12. The molecule has 0 amide bonds. The lowest BCUT2D eigenvalue weighted by atomic mass is 10.1. The Morgan fingerprint density at radius 2 is 1.57 bits per heavy atom. The number of halogens is 6. The topological polar surface area (TPSA) is 26.3 Å². The molecule has 0 atom stereocenters. The van der Waals surface area contributed by atoms with Gasteiger partial charge in [0.15, 0.2) is 0 Å². The molecule has 0 aromatic heterocycles. The second-order valence-corrected chi connectivity index (χ2v) is 5.70. The average molecular weight is 358 g/mol. The van der Waals surface area contributed by atoms with Gasteiger partial charge in [-0.2, -0.15) is 26.3 Å². The lowest BCUT2D eigenvalue weighted by molar-refractivity contribution is -0.143. The Bertz CT molecular complexity index is 560. The summed E-state index contributed by atoms with van der Waals surface area (Å²) in [6.07, 6.45) is -9.84. The van der Waals surface area contributed by atoms with Gasteiger partial charge in [-0.3, -0.25) is 4.79 Å². The maximum absolute atomic E-state index is 12.7.